The quantitative estimate of drug-likeness (QED) is 0.846. The first-order valence-corrected chi connectivity index (χ1v) is 6.84. The zero-order valence-corrected chi connectivity index (χ0v) is 10.6. The highest BCUT2D eigenvalue weighted by atomic mass is 15.2. The molecule has 1 aliphatic heterocycles. The molecule has 2 unspecified atom stereocenters. The fourth-order valence-corrected chi connectivity index (χ4v) is 3.43. The highest BCUT2D eigenvalue weighted by Crippen LogP contribution is 2.39. The van der Waals surface area contributed by atoms with Crippen molar-refractivity contribution < 1.29 is 0 Å². The van der Waals surface area contributed by atoms with Gasteiger partial charge < -0.3 is 10.6 Å². The van der Waals surface area contributed by atoms with E-state index in [1.54, 1.807) is 0 Å². The minimum Gasteiger partial charge on any atom is -0.371 e. The maximum Gasteiger partial charge on any atom is 0.0366 e. The average molecular weight is 230 g/mol. The Morgan fingerprint density at radius 3 is 2.24 bits per heavy atom. The second-order valence-corrected chi connectivity index (χ2v) is 5.74. The van der Waals surface area contributed by atoms with Crippen molar-refractivity contribution in [1.82, 2.24) is 0 Å². The second kappa shape index (κ2) is 4.34. The molecule has 1 heterocycles. The lowest BCUT2D eigenvalue weighted by molar-refractivity contribution is 0.494. The lowest BCUT2D eigenvalue weighted by atomic mass is 10.0. The molecule has 1 aromatic carbocycles. The molecule has 3 atom stereocenters. The van der Waals surface area contributed by atoms with Crippen LogP contribution in [0.3, 0.4) is 0 Å². The molecule has 1 saturated heterocycles. The predicted molar refractivity (Wildman–Crippen MR) is 72.1 cm³/mol. The van der Waals surface area contributed by atoms with Crippen molar-refractivity contribution in [1.29, 1.82) is 0 Å². The number of nitrogens with two attached hydrogens (primary N) is 1. The maximum absolute atomic E-state index is 5.88. The molecule has 2 fully saturated rings. The van der Waals surface area contributed by atoms with Crippen molar-refractivity contribution in [2.75, 3.05) is 18.0 Å². The normalized spacial score (nSPS) is 29.4. The van der Waals surface area contributed by atoms with E-state index in [2.05, 4.69) is 29.2 Å². The zero-order chi connectivity index (χ0) is 11.8. The van der Waals surface area contributed by atoms with E-state index in [1.165, 1.54) is 43.6 Å². The van der Waals surface area contributed by atoms with Crippen molar-refractivity contribution >= 4 is 5.69 Å². The van der Waals surface area contributed by atoms with Gasteiger partial charge in [-0.05, 0) is 49.3 Å². The van der Waals surface area contributed by atoms with Gasteiger partial charge in [0, 0.05) is 24.8 Å². The molecule has 0 radical (unpaired) electrons. The van der Waals surface area contributed by atoms with Crippen LogP contribution in [0.25, 0.3) is 0 Å². The molecule has 2 aliphatic rings. The van der Waals surface area contributed by atoms with Gasteiger partial charge in [-0.25, -0.2) is 0 Å². The molecule has 2 N–H and O–H groups in total. The predicted octanol–water partition coefficient (Wildman–Crippen LogP) is 2.94. The van der Waals surface area contributed by atoms with Crippen LogP contribution in [0.4, 0.5) is 5.69 Å². The Morgan fingerprint density at radius 2 is 1.71 bits per heavy atom. The van der Waals surface area contributed by atoms with Crippen LogP contribution in [-0.4, -0.2) is 13.1 Å². The fourth-order valence-electron chi connectivity index (χ4n) is 3.43. The summed E-state index contributed by atoms with van der Waals surface area (Å²) in [5, 5.41) is 0. The fraction of sp³-hybridized carbons (Fsp3) is 0.600. The van der Waals surface area contributed by atoms with Crippen LogP contribution >= 0.6 is 0 Å². The Hall–Kier alpha value is -1.02. The Labute approximate surface area is 104 Å². The third kappa shape index (κ3) is 2.06. The molecule has 0 amide bonds. The van der Waals surface area contributed by atoms with Gasteiger partial charge in [0.15, 0.2) is 0 Å². The van der Waals surface area contributed by atoms with E-state index in [9.17, 15) is 0 Å². The van der Waals surface area contributed by atoms with Gasteiger partial charge in [-0.15, -0.1) is 0 Å². The third-order valence-electron chi connectivity index (χ3n) is 4.51. The van der Waals surface area contributed by atoms with Crippen LogP contribution in [0.5, 0.6) is 0 Å². The summed E-state index contributed by atoms with van der Waals surface area (Å²) >= 11 is 0. The summed E-state index contributed by atoms with van der Waals surface area (Å²) in [5.74, 6) is 1.92. The topological polar surface area (TPSA) is 29.3 Å². The van der Waals surface area contributed by atoms with E-state index in [1.807, 2.05) is 6.92 Å². The van der Waals surface area contributed by atoms with Gasteiger partial charge in [0.2, 0.25) is 0 Å². The smallest absolute Gasteiger partial charge is 0.0366 e. The lowest BCUT2D eigenvalue weighted by Crippen LogP contribution is -2.20. The van der Waals surface area contributed by atoms with Crippen molar-refractivity contribution in [2.45, 2.75) is 32.2 Å². The zero-order valence-electron chi connectivity index (χ0n) is 10.6. The van der Waals surface area contributed by atoms with E-state index in [4.69, 9.17) is 5.73 Å². The van der Waals surface area contributed by atoms with Gasteiger partial charge in [0.1, 0.15) is 0 Å². The van der Waals surface area contributed by atoms with Gasteiger partial charge in [-0.3, -0.25) is 0 Å². The summed E-state index contributed by atoms with van der Waals surface area (Å²) in [7, 11) is 0. The number of anilines is 1. The number of rotatable bonds is 2. The van der Waals surface area contributed by atoms with Crippen LogP contribution in [-0.2, 0) is 0 Å². The van der Waals surface area contributed by atoms with Crippen LogP contribution in [0.1, 0.15) is 37.8 Å². The van der Waals surface area contributed by atoms with E-state index in [0.717, 1.165) is 11.8 Å². The number of hydrogen-bond acceptors (Lipinski definition) is 2. The summed E-state index contributed by atoms with van der Waals surface area (Å²) in [4.78, 5) is 2.56. The molecule has 0 bridgehead atoms. The first-order valence-electron chi connectivity index (χ1n) is 6.84. The molecule has 1 saturated carbocycles. The number of benzene rings is 1. The first kappa shape index (κ1) is 11.1. The summed E-state index contributed by atoms with van der Waals surface area (Å²) in [5.41, 5.74) is 8.49. The highest BCUT2D eigenvalue weighted by Gasteiger charge is 2.35. The summed E-state index contributed by atoms with van der Waals surface area (Å²) < 4.78 is 0. The summed E-state index contributed by atoms with van der Waals surface area (Å²) in [6, 6.07) is 8.96. The van der Waals surface area contributed by atoms with E-state index in [0.29, 0.717) is 0 Å². The van der Waals surface area contributed by atoms with Crippen LogP contribution in [0.2, 0.25) is 0 Å². The Bertz CT molecular complexity index is 370. The molecule has 2 heteroatoms. The molecule has 92 valence electrons. The van der Waals surface area contributed by atoms with E-state index in [-0.39, 0.29) is 6.04 Å². The van der Waals surface area contributed by atoms with Gasteiger partial charge in [0.05, 0.1) is 0 Å². The molecule has 1 aliphatic carbocycles. The van der Waals surface area contributed by atoms with Crippen LogP contribution in [0.15, 0.2) is 24.3 Å². The molecule has 0 aromatic heterocycles. The average Bonchev–Trinajstić information content (AvgIpc) is 2.89. The summed E-state index contributed by atoms with van der Waals surface area (Å²) in [6.07, 6.45) is 4.34. The van der Waals surface area contributed by atoms with Gasteiger partial charge in [0.25, 0.3) is 0 Å². The molecule has 3 rings (SSSR count). The minimum absolute atomic E-state index is 0.141. The Morgan fingerprint density at radius 1 is 1.12 bits per heavy atom. The molecular weight excluding hydrogens is 208 g/mol. The molecule has 17 heavy (non-hydrogen) atoms. The Balaban J connectivity index is 1.73. The first-order chi connectivity index (χ1) is 8.24. The van der Waals surface area contributed by atoms with Crippen molar-refractivity contribution in [3.05, 3.63) is 29.8 Å². The SMILES string of the molecule is C[C@@H](N)c1ccc(N2CC3CCCC3C2)cc1. The van der Waals surface area contributed by atoms with Gasteiger partial charge in [-0.2, -0.15) is 0 Å². The molecule has 0 spiro atoms. The van der Waals surface area contributed by atoms with Crippen LogP contribution < -0.4 is 10.6 Å². The maximum atomic E-state index is 5.88. The largest absolute Gasteiger partial charge is 0.371 e. The second-order valence-electron chi connectivity index (χ2n) is 5.74. The monoisotopic (exact) mass is 230 g/mol. The molecular formula is C15H22N2. The van der Waals surface area contributed by atoms with E-state index < -0.39 is 0 Å². The number of nitrogens with zero attached hydrogens (tertiary/aromatic N) is 1. The third-order valence-corrected chi connectivity index (χ3v) is 4.51. The van der Waals surface area contributed by atoms with E-state index >= 15 is 0 Å². The molecule has 1 aromatic rings. The summed E-state index contributed by atoms with van der Waals surface area (Å²) in [6.45, 7) is 4.57. The van der Waals surface area contributed by atoms with Crippen molar-refractivity contribution in [3.63, 3.8) is 0 Å². The standard InChI is InChI=1S/C15H22N2/c1-11(16)12-5-7-15(8-6-12)17-9-13-3-2-4-14(13)10-17/h5-8,11,13-14H,2-4,9-10,16H2,1H3/t11-,13?,14?/m1/s1. The lowest BCUT2D eigenvalue weighted by Gasteiger charge is -2.20. The highest BCUT2D eigenvalue weighted by molar-refractivity contribution is 5.49. The number of fused-ring (bicyclic) bond motifs is 1. The molecule has 2 nitrogen and oxygen atoms in total. The van der Waals surface area contributed by atoms with Gasteiger partial charge >= 0.3 is 0 Å². The van der Waals surface area contributed by atoms with Gasteiger partial charge in [-0.1, -0.05) is 18.6 Å². The van der Waals surface area contributed by atoms with Crippen LogP contribution in [0, 0.1) is 11.8 Å². The minimum atomic E-state index is 0.141. The van der Waals surface area contributed by atoms with Crippen molar-refractivity contribution in [2.24, 2.45) is 17.6 Å². The number of hydrogen-bond donors (Lipinski definition) is 1. The Kier molecular flexibility index (Phi) is 2.83. The van der Waals surface area contributed by atoms with Crippen molar-refractivity contribution in [3.8, 4) is 0 Å².